The highest BCUT2D eigenvalue weighted by Crippen LogP contribution is 2.24. The fourth-order valence-electron chi connectivity index (χ4n) is 3.66. The molecule has 0 spiro atoms. The molecule has 1 aliphatic heterocycles. The van der Waals surface area contributed by atoms with Crippen molar-refractivity contribution in [2.24, 2.45) is 5.10 Å². The van der Waals surface area contributed by atoms with Gasteiger partial charge in [0.05, 0.1) is 7.11 Å². The minimum atomic E-state index is 0.614. The Kier molecular flexibility index (Phi) is 5.56. The second-order valence-corrected chi connectivity index (χ2v) is 6.97. The molecule has 1 saturated carbocycles. The van der Waals surface area contributed by atoms with Gasteiger partial charge in [-0.3, -0.25) is 0 Å². The average molecular weight is 328 g/mol. The van der Waals surface area contributed by atoms with Crippen LogP contribution in [-0.2, 0) is 6.54 Å². The lowest BCUT2D eigenvalue weighted by Crippen LogP contribution is -2.35. The minimum Gasteiger partial charge on any atom is -0.497 e. The molecule has 1 aromatic rings. The number of hydrogen-bond acceptors (Lipinski definition) is 3. The molecule has 1 fully saturated rings. The summed E-state index contributed by atoms with van der Waals surface area (Å²) in [6.07, 6.45) is 12.4. The zero-order chi connectivity index (χ0) is 16.8. The Hall–Kier alpha value is -1.81. The molecule has 3 rings (SSSR count). The number of allylic oxidation sites excluding steroid dienone is 1. The van der Waals surface area contributed by atoms with Gasteiger partial charge in [-0.2, -0.15) is 4.59 Å². The van der Waals surface area contributed by atoms with Crippen LogP contribution in [0.5, 0.6) is 5.75 Å². The predicted molar refractivity (Wildman–Crippen MR) is 98.7 cm³/mol. The van der Waals surface area contributed by atoms with E-state index in [1.807, 2.05) is 18.3 Å². The van der Waals surface area contributed by atoms with Crippen molar-refractivity contribution in [1.29, 1.82) is 0 Å². The SMILES string of the molecule is CC[N+]1(Cc2ccc(OC)cc2)C=C(NC2CCCCCC2)C=N1. The zero-order valence-electron chi connectivity index (χ0n) is 15.0. The molecule has 1 N–H and O–H groups in total. The first kappa shape index (κ1) is 17.0. The molecule has 4 heteroatoms. The van der Waals surface area contributed by atoms with E-state index in [-0.39, 0.29) is 0 Å². The number of nitrogens with one attached hydrogen (secondary N) is 1. The lowest BCUT2D eigenvalue weighted by Gasteiger charge is -2.24. The van der Waals surface area contributed by atoms with E-state index in [4.69, 9.17) is 9.84 Å². The number of nitrogens with zero attached hydrogens (tertiary/aromatic N) is 2. The van der Waals surface area contributed by atoms with Crippen LogP contribution in [0.15, 0.2) is 41.3 Å². The molecule has 1 aliphatic carbocycles. The molecule has 24 heavy (non-hydrogen) atoms. The van der Waals surface area contributed by atoms with Crippen LogP contribution < -0.4 is 10.1 Å². The van der Waals surface area contributed by atoms with Gasteiger partial charge in [-0.1, -0.05) is 30.8 Å². The fraction of sp³-hybridized carbons (Fsp3) is 0.550. The van der Waals surface area contributed by atoms with Crippen molar-refractivity contribution in [2.45, 2.75) is 58.0 Å². The van der Waals surface area contributed by atoms with Gasteiger partial charge in [0.25, 0.3) is 0 Å². The maximum Gasteiger partial charge on any atom is 0.148 e. The molecule has 1 aromatic carbocycles. The maximum absolute atomic E-state index is 5.25. The van der Waals surface area contributed by atoms with Crippen LogP contribution in [-0.4, -0.2) is 30.5 Å². The van der Waals surface area contributed by atoms with Crippen molar-refractivity contribution in [1.82, 2.24) is 5.32 Å². The highest BCUT2D eigenvalue weighted by molar-refractivity contribution is 5.78. The fourth-order valence-corrected chi connectivity index (χ4v) is 3.66. The Balaban J connectivity index is 1.66. The van der Waals surface area contributed by atoms with Gasteiger partial charge < -0.3 is 10.1 Å². The lowest BCUT2D eigenvalue weighted by atomic mass is 10.1. The summed E-state index contributed by atoms with van der Waals surface area (Å²) < 4.78 is 5.89. The first-order valence-corrected chi connectivity index (χ1v) is 9.28. The molecule has 0 aromatic heterocycles. The molecular weight excluding hydrogens is 298 g/mol. The van der Waals surface area contributed by atoms with E-state index in [2.05, 4.69) is 30.6 Å². The van der Waals surface area contributed by atoms with Gasteiger partial charge in [-0.15, -0.1) is 0 Å². The molecule has 1 heterocycles. The van der Waals surface area contributed by atoms with E-state index in [1.165, 1.54) is 49.8 Å². The maximum atomic E-state index is 5.25. The van der Waals surface area contributed by atoms with Crippen LogP contribution in [0.4, 0.5) is 0 Å². The van der Waals surface area contributed by atoms with Crippen molar-refractivity contribution in [3.8, 4) is 5.75 Å². The van der Waals surface area contributed by atoms with E-state index in [9.17, 15) is 0 Å². The predicted octanol–water partition coefficient (Wildman–Crippen LogP) is 4.19. The summed E-state index contributed by atoms with van der Waals surface area (Å²) >= 11 is 0. The Morgan fingerprint density at radius 2 is 1.83 bits per heavy atom. The molecular formula is C20H30N3O+. The van der Waals surface area contributed by atoms with Crippen LogP contribution in [0.3, 0.4) is 0 Å². The van der Waals surface area contributed by atoms with E-state index >= 15 is 0 Å². The Bertz CT molecular complexity index is 585. The van der Waals surface area contributed by atoms with Crippen molar-refractivity contribution in [3.63, 3.8) is 0 Å². The number of hydrogen-bond donors (Lipinski definition) is 1. The second-order valence-electron chi connectivity index (χ2n) is 6.97. The standard InChI is InChI=1S/C20H30N3O/c1-3-23(15-17-10-12-20(24-2)13-11-17)16-19(14-21-23)22-18-8-6-4-5-7-9-18/h10-14,16,18,22H,3-9,15H2,1-2H3/q+1. The van der Waals surface area contributed by atoms with E-state index in [0.29, 0.717) is 10.6 Å². The summed E-state index contributed by atoms with van der Waals surface area (Å²) in [4.78, 5) is 0. The third kappa shape index (κ3) is 4.18. The molecule has 0 amide bonds. The number of methoxy groups -OCH3 is 1. The number of rotatable bonds is 6. The van der Waals surface area contributed by atoms with E-state index in [0.717, 1.165) is 18.8 Å². The monoisotopic (exact) mass is 328 g/mol. The second kappa shape index (κ2) is 7.84. The van der Waals surface area contributed by atoms with Crippen molar-refractivity contribution < 1.29 is 9.33 Å². The Morgan fingerprint density at radius 1 is 1.12 bits per heavy atom. The van der Waals surface area contributed by atoms with Crippen LogP contribution >= 0.6 is 0 Å². The van der Waals surface area contributed by atoms with Crippen LogP contribution in [0, 0.1) is 0 Å². The number of quaternary nitrogens is 1. The van der Waals surface area contributed by atoms with Gasteiger partial charge in [-0.25, -0.2) is 0 Å². The van der Waals surface area contributed by atoms with Crippen molar-refractivity contribution >= 4 is 6.21 Å². The van der Waals surface area contributed by atoms with Gasteiger partial charge in [-0.05, 0) is 44.0 Å². The van der Waals surface area contributed by atoms with E-state index < -0.39 is 0 Å². The van der Waals surface area contributed by atoms with Gasteiger partial charge >= 0.3 is 0 Å². The highest BCUT2D eigenvalue weighted by atomic mass is 16.5. The topological polar surface area (TPSA) is 33.6 Å². The highest BCUT2D eigenvalue weighted by Gasteiger charge is 2.29. The van der Waals surface area contributed by atoms with Crippen LogP contribution in [0.1, 0.15) is 51.0 Å². The molecule has 4 nitrogen and oxygen atoms in total. The molecule has 2 aliphatic rings. The molecule has 0 bridgehead atoms. The van der Waals surface area contributed by atoms with Crippen LogP contribution in [0.25, 0.3) is 0 Å². The molecule has 0 radical (unpaired) electrons. The van der Waals surface area contributed by atoms with Gasteiger partial charge in [0.1, 0.15) is 37.0 Å². The minimum absolute atomic E-state index is 0.614. The molecule has 130 valence electrons. The molecule has 1 unspecified atom stereocenters. The first-order chi connectivity index (χ1) is 11.7. The van der Waals surface area contributed by atoms with Crippen LogP contribution in [0.2, 0.25) is 0 Å². The van der Waals surface area contributed by atoms with Crippen molar-refractivity contribution in [2.75, 3.05) is 13.7 Å². The third-order valence-corrected chi connectivity index (χ3v) is 5.20. The van der Waals surface area contributed by atoms with Gasteiger partial charge in [0.15, 0.2) is 0 Å². The summed E-state index contributed by atoms with van der Waals surface area (Å²) in [6, 6.07) is 8.93. The number of ether oxygens (including phenoxy) is 1. The molecule has 1 atom stereocenters. The van der Waals surface area contributed by atoms with Gasteiger partial charge in [0.2, 0.25) is 0 Å². The Labute approximate surface area is 145 Å². The zero-order valence-corrected chi connectivity index (χ0v) is 15.0. The summed E-state index contributed by atoms with van der Waals surface area (Å²) in [5.74, 6) is 0.901. The third-order valence-electron chi connectivity index (χ3n) is 5.20. The van der Waals surface area contributed by atoms with Gasteiger partial charge in [0, 0.05) is 11.6 Å². The first-order valence-electron chi connectivity index (χ1n) is 9.28. The average Bonchev–Trinajstić information content (AvgIpc) is 2.83. The summed E-state index contributed by atoms with van der Waals surface area (Å²) in [5, 5.41) is 8.55. The quantitative estimate of drug-likeness (QED) is 0.627. The number of benzene rings is 1. The smallest absolute Gasteiger partial charge is 0.148 e. The largest absolute Gasteiger partial charge is 0.497 e. The molecule has 0 saturated heterocycles. The lowest BCUT2D eigenvalue weighted by molar-refractivity contribution is -0.895. The Morgan fingerprint density at radius 3 is 2.46 bits per heavy atom. The summed E-state index contributed by atoms with van der Waals surface area (Å²) in [7, 11) is 1.70. The van der Waals surface area contributed by atoms with Crippen molar-refractivity contribution in [3.05, 3.63) is 41.7 Å². The van der Waals surface area contributed by atoms with E-state index in [1.54, 1.807) is 7.11 Å². The normalized spacial score (nSPS) is 24.5. The summed E-state index contributed by atoms with van der Waals surface area (Å²) in [6.45, 7) is 4.04. The summed E-state index contributed by atoms with van der Waals surface area (Å²) in [5.41, 5.74) is 2.47.